The number of likely N-dealkylation sites (tertiary alicyclic amines) is 2. The topological polar surface area (TPSA) is 23.6 Å². The molecular formula is C15H28N2O. The van der Waals surface area contributed by atoms with Gasteiger partial charge in [0.05, 0.1) is 6.04 Å². The van der Waals surface area contributed by atoms with Gasteiger partial charge in [0.15, 0.2) is 0 Å². The Hall–Kier alpha value is -0.570. The third-order valence-electron chi connectivity index (χ3n) is 4.64. The van der Waals surface area contributed by atoms with Crippen molar-refractivity contribution < 1.29 is 4.79 Å². The van der Waals surface area contributed by atoms with Gasteiger partial charge in [-0.3, -0.25) is 9.69 Å². The van der Waals surface area contributed by atoms with Crippen LogP contribution in [0.5, 0.6) is 0 Å². The molecule has 2 heterocycles. The summed E-state index contributed by atoms with van der Waals surface area (Å²) >= 11 is 0. The molecule has 2 aliphatic rings. The van der Waals surface area contributed by atoms with Crippen molar-refractivity contribution in [1.82, 2.24) is 9.80 Å². The van der Waals surface area contributed by atoms with Gasteiger partial charge in [-0.15, -0.1) is 0 Å². The monoisotopic (exact) mass is 252 g/mol. The number of hydrogen-bond acceptors (Lipinski definition) is 2. The zero-order chi connectivity index (χ0) is 13.0. The summed E-state index contributed by atoms with van der Waals surface area (Å²) in [6.07, 6.45) is 7.54. The Morgan fingerprint density at radius 3 is 2.11 bits per heavy atom. The van der Waals surface area contributed by atoms with Gasteiger partial charge in [0, 0.05) is 13.1 Å². The second kappa shape index (κ2) is 6.55. The lowest BCUT2D eigenvalue weighted by Gasteiger charge is -2.35. The van der Waals surface area contributed by atoms with Crippen LogP contribution >= 0.6 is 0 Å². The summed E-state index contributed by atoms with van der Waals surface area (Å²) < 4.78 is 0. The number of rotatable bonds is 2. The molecule has 0 radical (unpaired) electrons. The van der Waals surface area contributed by atoms with Crippen molar-refractivity contribution >= 4 is 5.91 Å². The van der Waals surface area contributed by atoms with Crippen LogP contribution < -0.4 is 0 Å². The molecule has 0 spiro atoms. The summed E-state index contributed by atoms with van der Waals surface area (Å²) in [6.45, 7) is 8.55. The second-order valence-electron chi connectivity index (χ2n) is 6.13. The minimum atomic E-state index is 0.0940. The Morgan fingerprint density at radius 2 is 1.56 bits per heavy atom. The van der Waals surface area contributed by atoms with E-state index in [-0.39, 0.29) is 6.04 Å². The number of hydrogen-bond donors (Lipinski definition) is 0. The third-order valence-corrected chi connectivity index (χ3v) is 4.64. The maximum Gasteiger partial charge on any atom is 0.239 e. The first kappa shape index (κ1) is 13.9. The van der Waals surface area contributed by atoms with Crippen molar-refractivity contribution in [3.05, 3.63) is 0 Å². The lowest BCUT2D eigenvalue weighted by molar-refractivity contribution is -0.137. The van der Waals surface area contributed by atoms with Crippen LogP contribution in [0.2, 0.25) is 0 Å². The standard InChI is InChI=1S/C15H28N2O/c1-13-7-11-17(12-8-13)15(18)14(2)16-9-5-3-4-6-10-16/h13-14H,3-12H2,1-2H3. The summed E-state index contributed by atoms with van der Waals surface area (Å²) in [7, 11) is 0. The first-order valence-electron chi connectivity index (χ1n) is 7.71. The highest BCUT2D eigenvalue weighted by Gasteiger charge is 2.28. The van der Waals surface area contributed by atoms with E-state index in [2.05, 4.69) is 23.6 Å². The largest absolute Gasteiger partial charge is 0.341 e. The fourth-order valence-corrected chi connectivity index (χ4v) is 3.13. The number of nitrogens with zero attached hydrogens (tertiary/aromatic N) is 2. The molecule has 1 unspecified atom stereocenters. The molecule has 0 aromatic heterocycles. The Balaban J connectivity index is 1.87. The first-order chi connectivity index (χ1) is 8.68. The summed E-state index contributed by atoms with van der Waals surface area (Å²) in [5.41, 5.74) is 0. The van der Waals surface area contributed by atoms with Gasteiger partial charge < -0.3 is 4.90 Å². The molecule has 0 aliphatic carbocycles. The van der Waals surface area contributed by atoms with Crippen molar-refractivity contribution in [2.75, 3.05) is 26.2 Å². The van der Waals surface area contributed by atoms with Gasteiger partial charge in [0.1, 0.15) is 0 Å². The zero-order valence-corrected chi connectivity index (χ0v) is 12.0. The van der Waals surface area contributed by atoms with E-state index in [1.165, 1.54) is 38.5 Å². The highest BCUT2D eigenvalue weighted by molar-refractivity contribution is 5.81. The maximum absolute atomic E-state index is 12.5. The molecule has 2 rings (SSSR count). The molecule has 0 saturated carbocycles. The van der Waals surface area contributed by atoms with E-state index in [9.17, 15) is 4.79 Å². The van der Waals surface area contributed by atoms with Gasteiger partial charge in [-0.05, 0) is 51.6 Å². The molecule has 0 aromatic rings. The molecule has 0 N–H and O–H groups in total. The SMILES string of the molecule is CC1CCN(C(=O)C(C)N2CCCCCC2)CC1. The normalized spacial score (nSPS) is 25.8. The summed E-state index contributed by atoms with van der Waals surface area (Å²) in [5, 5.41) is 0. The van der Waals surface area contributed by atoms with Gasteiger partial charge in [-0.1, -0.05) is 19.8 Å². The van der Waals surface area contributed by atoms with Crippen molar-refractivity contribution in [3.8, 4) is 0 Å². The molecule has 2 saturated heterocycles. The van der Waals surface area contributed by atoms with Crippen molar-refractivity contribution in [3.63, 3.8) is 0 Å². The van der Waals surface area contributed by atoms with Crippen molar-refractivity contribution in [2.24, 2.45) is 5.92 Å². The lowest BCUT2D eigenvalue weighted by atomic mass is 9.98. The molecule has 104 valence electrons. The summed E-state index contributed by atoms with van der Waals surface area (Å²) in [5.74, 6) is 1.16. The van der Waals surface area contributed by atoms with E-state index in [0.29, 0.717) is 5.91 Å². The van der Waals surface area contributed by atoms with Gasteiger partial charge in [0.2, 0.25) is 5.91 Å². The van der Waals surface area contributed by atoms with Gasteiger partial charge in [-0.25, -0.2) is 0 Å². The molecule has 3 heteroatoms. The van der Waals surface area contributed by atoms with Gasteiger partial charge in [-0.2, -0.15) is 0 Å². The minimum absolute atomic E-state index is 0.0940. The van der Waals surface area contributed by atoms with E-state index in [0.717, 1.165) is 32.1 Å². The summed E-state index contributed by atoms with van der Waals surface area (Å²) in [6, 6.07) is 0.0940. The average molecular weight is 252 g/mol. The van der Waals surface area contributed by atoms with Crippen LogP contribution in [-0.4, -0.2) is 47.9 Å². The smallest absolute Gasteiger partial charge is 0.239 e. The predicted molar refractivity (Wildman–Crippen MR) is 74.5 cm³/mol. The molecule has 1 amide bonds. The van der Waals surface area contributed by atoms with Crippen LogP contribution in [0.25, 0.3) is 0 Å². The fourth-order valence-electron chi connectivity index (χ4n) is 3.13. The van der Waals surface area contributed by atoms with Crippen LogP contribution in [0.3, 0.4) is 0 Å². The summed E-state index contributed by atoms with van der Waals surface area (Å²) in [4.78, 5) is 17.0. The molecule has 0 bridgehead atoms. The van der Waals surface area contributed by atoms with Crippen LogP contribution in [0.4, 0.5) is 0 Å². The third kappa shape index (κ3) is 3.47. The van der Waals surface area contributed by atoms with E-state index >= 15 is 0 Å². The fraction of sp³-hybridized carbons (Fsp3) is 0.933. The number of piperidine rings is 1. The average Bonchev–Trinajstić information content (AvgIpc) is 2.67. The first-order valence-corrected chi connectivity index (χ1v) is 7.71. The van der Waals surface area contributed by atoms with Crippen LogP contribution in [0, 0.1) is 5.92 Å². The van der Waals surface area contributed by atoms with Gasteiger partial charge in [0.25, 0.3) is 0 Å². The molecule has 3 nitrogen and oxygen atoms in total. The van der Waals surface area contributed by atoms with Crippen LogP contribution in [-0.2, 0) is 4.79 Å². The molecular weight excluding hydrogens is 224 g/mol. The highest BCUT2D eigenvalue weighted by Crippen LogP contribution is 2.19. The molecule has 2 aliphatic heterocycles. The number of carbonyl (C=O) groups excluding carboxylic acids is 1. The van der Waals surface area contributed by atoms with Crippen LogP contribution in [0.15, 0.2) is 0 Å². The van der Waals surface area contributed by atoms with E-state index in [1.54, 1.807) is 0 Å². The quantitative estimate of drug-likeness (QED) is 0.754. The Bertz CT molecular complexity index is 264. The Kier molecular flexibility index (Phi) is 5.04. The highest BCUT2D eigenvalue weighted by atomic mass is 16.2. The van der Waals surface area contributed by atoms with Crippen LogP contribution in [0.1, 0.15) is 52.4 Å². The van der Waals surface area contributed by atoms with E-state index in [4.69, 9.17) is 0 Å². The second-order valence-corrected chi connectivity index (χ2v) is 6.13. The van der Waals surface area contributed by atoms with E-state index in [1.807, 2.05) is 0 Å². The molecule has 18 heavy (non-hydrogen) atoms. The Morgan fingerprint density at radius 1 is 1.00 bits per heavy atom. The molecule has 1 atom stereocenters. The predicted octanol–water partition coefficient (Wildman–Crippen LogP) is 2.51. The van der Waals surface area contributed by atoms with Crippen molar-refractivity contribution in [1.29, 1.82) is 0 Å². The number of carbonyl (C=O) groups is 1. The molecule has 0 aromatic carbocycles. The Labute approximate surface area is 112 Å². The lowest BCUT2D eigenvalue weighted by Crippen LogP contribution is -2.49. The molecule has 2 fully saturated rings. The number of amides is 1. The van der Waals surface area contributed by atoms with Gasteiger partial charge >= 0.3 is 0 Å². The van der Waals surface area contributed by atoms with Crippen molar-refractivity contribution in [2.45, 2.75) is 58.4 Å². The minimum Gasteiger partial charge on any atom is -0.341 e. The maximum atomic E-state index is 12.5. The van der Waals surface area contributed by atoms with E-state index < -0.39 is 0 Å². The zero-order valence-electron chi connectivity index (χ0n) is 12.0.